The Kier molecular flexibility index (Phi) is 6.81. The molecule has 152 valence electrons. The van der Waals surface area contributed by atoms with Crippen molar-refractivity contribution in [3.63, 3.8) is 0 Å². The van der Waals surface area contributed by atoms with Gasteiger partial charge in [-0.2, -0.15) is 0 Å². The Morgan fingerprint density at radius 2 is 1.93 bits per heavy atom. The zero-order valence-electron chi connectivity index (χ0n) is 16.6. The maximum atomic E-state index is 12.1. The first-order valence-electron chi connectivity index (χ1n) is 9.59. The van der Waals surface area contributed by atoms with Crippen LogP contribution in [0.15, 0.2) is 12.2 Å². The fourth-order valence-electron chi connectivity index (χ4n) is 3.95. The molecule has 0 aromatic carbocycles. The molecule has 0 aliphatic carbocycles. The van der Waals surface area contributed by atoms with Crippen LogP contribution in [0.2, 0.25) is 0 Å². The molecule has 1 N–H and O–H groups in total. The van der Waals surface area contributed by atoms with Crippen LogP contribution >= 0.6 is 0 Å². The van der Waals surface area contributed by atoms with Crippen LogP contribution in [-0.2, 0) is 28.6 Å². The zero-order chi connectivity index (χ0) is 20.4. The Bertz CT molecular complexity index is 613. The van der Waals surface area contributed by atoms with E-state index in [1.807, 2.05) is 6.92 Å². The van der Waals surface area contributed by atoms with E-state index >= 15 is 0 Å². The molecule has 7 heteroatoms. The van der Waals surface area contributed by atoms with Crippen molar-refractivity contribution in [1.29, 1.82) is 0 Å². The third-order valence-electron chi connectivity index (χ3n) is 5.57. The third kappa shape index (κ3) is 4.41. The molecule has 0 radical (unpaired) electrons. The number of carbonyl (C=O) groups is 3. The molecule has 27 heavy (non-hydrogen) atoms. The molecule has 0 aromatic heterocycles. The Morgan fingerprint density at radius 1 is 1.26 bits per heavy atom. The number of rotatable bonds is 6. The van der Waals surface area contributed by atoms with Gasteiger partial charge in [-0.15, -0.1) is 0 Å². The average Bonchev–Trinajstić information content (AvgIpc) is 2.62. The number of hydrogen-bond acceptors (Lipinski definition) is 7. The summed E-state index contributed by atoms with van der Waals surface area (Å²) in [5, 5.41) is 10.5. The van der Waals surface area contributed by atoms with Crippen molar-refractivity contribution in [3.05, 3.63) is 12.2 Å². The monoisotopic (exact) mass is 382 g/mol. The summed E-state index contributed by atoms with van der Waals surface area (Å²) in [6, 6.07) is 0. The molecule has 7 atom stereocenters. The number of carbonyl (C=O) groups excluding carboxylic acids is 3. The van der Waals surface area contributed by atoms with Crippen LogP contribution in [0, 0.1) is 11.8 Å². The summed E-state index contributed by atoms with van der Waals surface area (Å²) in [6.07, 6.45) is 1.50. The standard InChI is InChI=1S/C20H30O7/c1-6-7-8-14(21)9-10-15(22)25-16-11(2)18-20(5,27-13(16)4)17(23)12(3)19(24)26-18/h9-13,16-18,23H,6-8H2,1-5H3/b10-9+/t11-,12-,13+,16-,17+,18+,20-/m1/s1. The van der Waals surface area contributed by atoms with Gasteiger partial charge in [-0.05, 0) is 33.3 Å². The van der Waals surface area contributed by atoms with Gasteiger partial charge in [0.1, 0.15) is 17.8 Å². The fourth-order valence-corrected chi connectivity index (χ4v) is 3.95. The first-order valence-corrected chi connectivity index (χ1v) is 9.59. The molecule has 2 aliphatic rings. The van der Waals surface area contributed by atoms with Crippen LogP contribution in [0.25, 0.3) is 0 Å². The number of unbranched alkanes of at least 4 members (excludes halogenated alkanes) is 1. The smallest absolute Gasteiger partial charge is 0.331 e. The van der Waals surface area contributed by atoms with E-state index < -0.39 is 47.9 Å². The minimum absolute atomic E-state index is 0.124. The minimum atomic E-state index is -1.07. The number of ether oxygens (including phenoxy) is 3. The van der Waals surface area contributed by atoms with Gasteiger partial charge in [0, 0.05) is 18.4 Å². The Balaban J connectivity index is 2.07. The van der Waals surface area contributed by atoms with Gasteiger partial charge in [-0.1, -0.05) is 20.3 Å². The number of esters is 2. The number of aliphatic hydroxyl groups excluding tert-OH is 1. The van der Waals surface area contributed by atoms with Crippen LogP contribution in [0.4, 0.5) is 0 Å². The summed E-state index contributed by atoms with van der Waals surface area (Å²) < 4.78 is 17.0. The lowest BCUT2D eigenvalue weighted by molar-refractivity contribution is -0.298. The SMILES string of the molecule is CCCCC(=O)/C=C/C(=O)O[C@@H]1[C@@H](C)[C@@H]2OC(=O)[C@H](C)[C@H](O)[C@@]2(C)O[C@H]1C. The van der Waals surface area contributed by atoms with Gasteiger partial charge in [0.05, 0.1) is 18.1 Å². The molecular weight excluding hydrogens is 352 g/mol. The lowest BCUT2D eigenvalue weighted by atomic mass is 9.73. The highest BCUT2D eigenvalue weighted by Gasteiger charge is 2.60. The Morgan fingerprint density at radius 3 is 2.56 bits per heavy atom. The average molecular weight is 382 g/mol. The lowest BCUT2D eigenvalue weighted by Crippen LogP contribution is -2.70. The molecule has 0 bridgehead atoms. The van der Waals surface area contributed by atoms with Crippen LogP contribution in [0.3, 0.4) is 0 Å². The summed E-state index contributed by atoms with van der Waals surface area (Å²) in [7, 11) is 0. The molecule has 2 aliphatic heterocycles. The number of fused-ring (bicyclic) bond motifs is 1. The highest BCUT2D eigenvalue weighted by atomic mass is 16.6. The first kappa shape index (κ1) is 21.6. The van der Waals surface area contributed by atoms with E-state index in [-0.39, 0.29) is 11.7 Å². The van der Waals surface area contributed by atoms with E-state index in [0.717, 1.165) is 18.9 Å². The molecule has 0 unspecified atom stereocenters. The maximum Gasteiger partial charge on any atom is 0.331 e. The van der Waals surface area contributed by atoms with Crippen molar-refractivity contribution in [1.82, 2.24) is 0 Å². The highest BCUT2D eigenvalue weighted by Crippen LogP contribution is 2.43. The Labute approximate surface area is 160 Å². The van der Waals surface area contributed by atoms with E-state index in [1.165, 1.54) is 6.08 Å². The van der Waals surface area contributed by atoms with Crippen molar-refractivity contribution in [2.24, 2.45) is 11.8 Å². The summed E-state index contributed by atoms with van der Waals surface area (Å²) in [4.78, 5) is 35.8. The number of allylic oxidation sites excluding steroid dienone is 1. The van der Waals surface area contributed by atoms with Gasteiger partial charge in [0.15, 0.2) is 5.78 Å². The van der Waals surface area contributed by atoms with Crippen molar-refractivity contribution < 1.29 is 33.7 Å². The van der Waals surface area contributed by atoms with Crippen LogP contribution in [0.1, 0.15) is 53.9 Å². The normalized spacial score (nSPS) is 39.0. The van der Waals surface area contributed by atoms with Gasteiger partial charge in [-0.3, -0.25) is 9.59 Å². The van der Waals surface area contributed by atoms with E-state index in [0.29, 0.717) is 6.42 Å². The predicted octanol–water partition coefficient (Wildman–Crippen LogP) is 1.95. The number of aliphatic hydroxyl groups is 1. The molecule has 0 amide bonds. The third-order valence-corrected chi connectivity index (χ3v) is 5.57. The van der Waals surface area contributed by atoms with Gasteiger partial charge in [0.25, 0.3) is 0 Å². The summed E-state index contributed by atoms with van der Waals surface area (Å²) in [5.74, 6) is -2.34. The molecule has 7 nitrogen and oxygen atoms in total. The summed E-state index contributed by atoms with van der Waals surface area (Å²) in [6.45, 7) is 8.84. The maximum absolute atomic E-state index is 12.1. The molecule has 0 aromatic rings. The summed E-state index contributed by atoms with van der Waals surface area (Å²) >= 11 is 0. The van der Waals surface area contributed by atoms with Gasteiger partial charge >= 0.3 is 11.9 Å². The van der Waals surface area contributed by atoms with Crippen LogP contribution < -0.4 is 0 Å². The van der Waals surface area contributed by atoms with Crippen molar-refractivity contribution in [2.75, 3.05) is 0 Å². The van der Waals surface area contributed by atoms with E-state index in [2.05, 4.69) is 0 Å². The second kappa shape index (κ2) is 8.52. The lowest BCUT2D eigenvalue weighted by Gasteiger charge is -2.54. The van der Waals surface area contributed by atoms with E-state index in [4.69, 9.17) is 14.2 Å². The highest BCUT2D eigenvalue weighted by molar-refractivity contribution is 5.95. The van der Waals surface area contributed by atoms with Gasteiger partial charge < -0.3 is 19.3 Å². The molecule has 2 rings (SSSR count). The van der Waals surface area contributed by atoms with Crippen molar-refractivity contribution in [3.8, 4) is 0 Å². The van der Waals surface area contributed by atoms with Crippen LogP contribution in [-0.4, -0.2) is 52.8 Å². The van der Waals surface area contributed by atoms with E-state index in [9.17, 15) is 19.5 Å². The largest absolute Gasteiger partial charge is 0.458 e. The fraction of sp³-hybridized carbons (Fsp3) is 0.750. The minimum Gasteiger partial charge on any atom is -0.458 e. The zero-order valence-corrected chi connectivity index (χ0v) is 16.6. The molecular formula is C20H30O7. The quantitative estimate of drug-likeness (QED) is 0.554. The number of hydrogen-bond donors (Lipinski definition) is 1. The molecule has 0 spiro atoms. The van der Waals surface area contributed by atoms with Crippen molar-refractivity contribution >= 4 is 17.7 Å². The number of ketones is 1. The first-order chi connectivity index (χ1) is 12.6. The van der Waals surface area contributed by atoms with E-state index in [1.54, 1.807) is 27.7 Å². The van der Waals surface area contributed by atoms with Crippen molar-refractivity contribution in [2.45, 2.75) is 83.9 Å². The molecule has 2 saturated heterocycles. The predicted molar refractivity (Wildman–Crippen MR) is 96.7 cm³/mol. The second-order valence-electron chi connectivity index (χ2n) is 7.76. The Hall–Kier alpha value is -1.73. The topological polar surface area (TPSA) is 99.1 Å². The van der Waals surface area contributed by atoms with Gasteiger partial charge in [0.2, 0.25) is 0 Å². The second-order valence-corrected chi connectivity index (χ2v) is 7.76. The molecule has 2 fully saturated rings. The molecule has 0 saturated carbocycles. The molecule has 2 heterocycles. The summed E-state index contributed by atoms with van der Waals surface area (Å²) in [5.41, 5.74) is -1.07. The van der Waals surface area contributed by atoms with Crippen LogP contribution in [0.5, 0.6) is 0 Å². The van der Waals surface area contributed by atoms with Gasteiger partial charge in [-0.25, -0.2) is 4.79 Å².